The molecule has 2 atom stereocenters. The van der Waals surface area contributed by atoms with E-state index in [4.69, 9.17) is 10.5 Å². The van der Waals surface area contributed by atoms with E-state index >= 15 is 0 Å². The second-order valence-electron chi connectivity index (χ2n) is 5.84. The van der Waals surface area contributed by atoms with Gasteiger partial charge in [-0.25, -0.2) is 17.5 Å². The fourth-order valence-electron chi connectivity index (χ4n) is 2.85. The minimum atomic E-state index is -3.94. The Morgan fingerprint density at radius 3 is 2.71 bits per heavy atom. The molecule has 1 aromatic rings. The molecule has 0 aromatic heterocycles. The van der Waals surface area contributed by atoms with Gasteiger partial charge in [0, 0.05) is 12.3 Å². The molecule has 116 valence electrons. The van der Waals surface area contributed by atoms with E-state index in [1.54, 1.807) is 0 Å². The predicted molar refractivity (Wildman–Crippen MR) is 76.7 cm³/mol. The third kappa shape index (κ3) is 2.90. The average Bonchev–Trinajstić information content (AvgIpc) is 3.14. The molecule has 2 fully saturated rings. The van der Waals surface area contributed by atoms with Crippen LogP contribution in [-0.4, -0.2) is 27.2 Å². The molecular weight excluding hydrogens is 295 g/mol. The number of nitrogens with two attached hydrogens (primary N) is 1. The van der Waals surface area contributed by atoms with Gasteiger partial charge >= 0.3 is 0 Å². The van der Waals surface area contributed by atoms with E-state index in [1.165, 1.54) is 13.0 Å². The molecule has 1 aliphatic heterocycles. The first-order valence-corrected chi connectivity index (χ1v) is 8.56. The van der Waals surface area contributed by atoms with Crippen LogP contribution in [0.4, 0.5) is 10.1 Å². The van der Waals surface area contributed by atoms with Crippen molar-refractivity contribution in [3.05, 3.63) is 23.5 Å². The number of sulfonamides is 1. The van der Waals surface area contributed by atoms with E-state index in [-0.39, 0.29) is 28.3 Å². The number of ether oxygens (including phenoxy) is 1. The molecule has 1 aliphatic carbocycles. The van der Waals surface area contributed by atoms with E-state index in [0.29, 0.717) is 18.9 Å². The Labute approximate surface area is 123 Å². The first-order chi connectivity index (χ1) is 9.88. The van der Waals surface area contributed by atoms with E-state index in [0.717, 1.165) is 18.9 Å². The monoisotopic (exact) mass is 314 g/mol. The largest absolute Gasteiger partial charge is 0.399 e. The third-order valence-electron chi connectivity index (χ3n) is 4.06. The molecule has 1 aromatic carbocycles. The number of halogens is 1. The molecular formula is C14H19FN2O3S. The van der Waals surface area contributed by atoms with Crippen molar-refractivity contribution >= 4 is 15.7 Å². The van der Waals surface area contributed by atoms with E-state index < -0.39 is 15.8 Å². The Morgan fingerprint density at radius 1 is 1.33 bits per heavy atom. The van der Waals surface area contributed by atoms with Crippen LogP contribution in [0.5, 0.6) is 0 Å². The molecule has 1 heterocycles. The average molecular weight is 314 g/mol. The van der Waals surface area contributed by atoms with Gasteiger partial charge in [0.15, 0.2) is 0 Å². The second-order valence-corrected chi connectivity index (χ2v) is 7.52. The summed E-state index contributed by atoms with van der Waals surface area (Å²) in [5.74, 6) is -0.328. The summed E-state index contributed by atoms with van der Waals surface area (Å²) in [6, 6.07) is 2.29. The topological polar surface area (TPSA) is 81.4 Å². The molecule has 7 heteroatoms. The normalized spacial score (nSPS) is 26.2. The Hall–Kier alpha value is -1.18. The molecule has 21 heavy (non-hydrogen) atoms. The lowest BCUT2D eigenvalue weighted by Crippen LogP contribution is -2.41. The number of anilines is 1. The maximum atomic E-state index is 14.1. The van der Waals surface area contributed by atoms with Gasteiger partial charge in [-0.05, 0) is 49.8 Å². The Bertz CT molecular complexity index is 658. The van der Waals surface area contributed by atoms with Crippen LogP contribution < -0.4 is 10.5 Å². The predicted octanol–water partition coefficient (Wildman–Crippen LogP) is 1.56. The highest BCUT2D eigenvalue weighted by Gasteiger charge is 2.42. The molecule has 0 amide bonds. The summed E-state index contributed by atoms with van der Waals surface area (Å²) >= 11 is 0. The third-order valence-corrected chi connectivity index (χ3v) is 5.55. The molecule has 1 saturated heterocycles. The molecule has 0 bridgehead atoms. The Balaban J connectivity index is 1.87. The lowest BCUT2D eigenvalue weighted by atomic mass is 10.1. The van der Waals surface area contributed by atoms with Gasteiger partial charge in [0.05, 0.1) is 12.1 Å². The Kier molecular flexibility index (Phi) is 3.67. The van der Waals surface area contributed by atoms with Gasteiger partial charge in [-0.2, -0.15) is 0 Å². The summed E-state index contributed by atoms with van der Waals surface area (Å²) in [5.41, 5.74) is 6.09. The first-order valence-electron chi connectivity index (χ1n) is 7.08. The molecule has 0 spiro atoms. The summed E-state index contributed by atoms with van der Waals surface area (Å²) < 4.78 is 47.2. The molecule has 2 aliphatic rings. The van der Waals surface area contributed by atoms with Gasteiger partial charge in [-0.15, -0.1) is 0 Å². The SMILES string of the molecule is Cc1cc(N)cc(S(=O)(=O)NC2CCOC2C2CC2)c1F. The van der Waals surface area contributed by atoms with E-state index in [2.05, 4.69) is 4.72 Å². The van der Waals surface area contributed by atoms with Crippen molar-refractivity contribution < 1.29 is 17.5 Å². The van der Waals surface area contributed by atoms with Crippen LogP contribution in [0.25, 0.3) is 0 Å². The summed E-state index contributed by atoms with van der Waals surface area (Å²) in [6.45, 7) is 2.03. The lowest BCUT2D eigenvalue weighted by molar-refractivity contribution is 0.0848. The molecule has 2 unspecified atom stereocenters. The minimum Gasteiger partial charge on any atom is -0.399 e. The summed E-state index contributed by atoms with van der Waals surface area (Å²) in [7, 11) is -3.94. The zero-order chi connectivity index (χ0) is 15.2. The van der Waals surface area contributed by atoms with Crippen molar-refractivity contribution in [3.8, 4) is 0 Å². The van der Waals surface area contributed by atoms with E-state index in [1.807, 2.05) is 0 Å². The fourth-order valence-corrected chi connectivity index (χ4v) is 4.31. The minimum absolute atomic E-state index is 0.0926. The van der Waals surface area contributed by atoms with Crippen LogP contribution in [0.3, 0.4) is 0 Å². The van der Waals surface area contributed by atoms with Gasteiger partial charge in [0.2, 0.25) is 10.0 Å². The fraction of sp³-hybridized carbons (Fsp3) is 0.571. The molecule has 3 N–H and O–H groups in total. The van der Waals surface area contributed by atoms with Crippen LogP contribution >= 0.6 is 0 Å². The number of hydrogen-bond donors (Lipinski definition) is 2. The second kappa shape index (κ2) is 5.23. The van der Waals surface area contributed by atoms with Crippen molar-refractivity contribution in [1.82, 2.24) is 4.72 Å². The quantitative estimate of drug-likeness (QED) is 0.827. The van der Waals surface area contributed by atoms with Gasteiger partial charge < -0.3 is 10.5 Å². The van der Waals surface area contributed by atoms with Gasteiger partial charge in [-0.1, -0.05) is 0 Å². The van der Waals surface area contributed by atoms with Crippen LogP contribution in [-0.2, 0) is 14.8 Å². The van der Waals surface area contributed by atoms with Crippen LogP contribution in [0.15, 0.2) is 17.0 Å². The van der Waals surface area contributed by atoms with Crippen LogP contribution in [0.1, 0.15) is 24.8 Å². The maximum Gasteiger partial charge on any atom is 0.243 e. The summed E-state index contributed by atoms with van der Waals surface area (Å²) in [5, 5.41) is 0. The molecule has 1 saturated carbocycles. The molecule has 5 nitrogen and oxygen atoms in total. The molecule has 0 radical (unpaired) electrons. The number of aryl methyl sites for hydroxylation is 1. The van der Waals surface area contributed by atoms with Crippen LogP contribution in [0.2, 0.25) is 0 Å². The van der Waals surface area contributed by atoms with Crippen molar-refractivity contribution in [1.29, 1.82) is 0 Å². The smallest absolute Gasteiger partial charge is 0.243 e. The van der Waals surface area contributed by atoms with Crippen LogP contribution in [0, 0.1) is 18.7 Å². The number of nitrogens with one attached hydrogen (secondary N) is 1. The first kappa shape index (κ1) is 14.7. The van der Waals surface area contributed by atoms with E-state index in [9.17, 15) is 12.8 Å². The summed E-state index contributed by atoms with van der Waals surface area (Å²) in [4.78, 5) is -0.388. The van der Waals surface area contributed by atoms with Crippen molar-refractivity contribution in [2.75, 3.05) is 12.3 Å². The molecule has 3 rings (SSSR count). The highest BCUT2D eigenvalue weighted by Crippen LogP contribution is 2.39. The van der Waals surface area contributed by atoms with Gasteiger partial charge in [0.1, 0.15) is 10.7 Å². The zero-order valence-corrected chi connectivity index (χ0v) is 12.6. The van der Waals surface area contributed by atoms with Gasteiger partial charge in [-0.3, -0.25) is 0 Å². The zero-order valence-electron chi connectivity index (χ0n) is 11.8. The summed E-state index contributed by atoms with van der Waals surface area (Å²) in [6.07, 6.45) is 2.65. The maximum absolute atomic E-state index is 14.1. The highest BCUT2D eigenvalue weighted by molar-refractivity contribution is 7.89. The van der Waals surface area contributed by atoms with Crippen molar-refractivity contribution in [2.24, 2.45) is 5.92 Å². The van der Waals surface area contributed by atoms with Crippen molar-refractivity contribution in [2.45, 2.75) is 43.2 Å². The lowest BCUT2D eigenvalue weighted by Gasteiger charge is -2.20. The number of nitrogen functional groups attached to an aromatic ring is 1. The highest BCUT2D eigenvalue weighted by atomic mass is 32.2. The standard InChI is InChI=1S/C14H19FN2O3S/c1-8-6-10(16)7-12(13(8)15)21(18,19)17-11-4-5-20-14(11)9-2-3-9/h6-7,9,11,14,17H,2-5,16H2,1H3. The number of rotatable bonds is 4. The Morgan fingerprint density at radius 2 is 2.05 bits per heavy atom. The van der Waals surface area contributed by atoms with Gasteiger partial charge in [0.25, 0.3) is 0 Å². The number of benzene rings is 1. The number of hydrogen-bond acceptors (Lipinski definition) is 4. The van der Waals surface area contributed by atoms with Crippen molar-refractivity contribution in [3.63, 3.8) is 0 Å².